The van der Waals surface area contributed by atoms with Crippen molar-refractivity contribution < 1.29 is 4.79 Å². The average Bonchev–Trinajstić information content (AvgIpc) is 3.00. The van der Waals surface area contributed by atoms with E-state index in [4.69, 9.17) is 0 Å². The van der Waals surface area contributed by atoms with E-state index in [1.807, 2.05) is 61.2 Å². The fourth-order valence-corrected chi connectivity index (χ4v) is 2.87. The molecule has 0 fully saturated rings. The van der Waals surface area contributed by atoms with Crippen LogP contribution in [0.5, 0.6) is 0 Å². The Bertz CT molecular complexity index is 861. The summed E-state index contributed by atoms with van der Waals surface area (Å²) in [6.07, 6.45) is 2.57. The molecule has 1 heterocycles. The maximum absolute atomic E-state index is 12.5. The zero-order valence-electron chi connectivity index (χ0n) is 13.8. The van der Waals surface area contributed by atoms with E-state index in [0.717, 1.165) is 35.5 Å². The van der Waals surface area contributed by atoms with Crippen LogP contribution in [0, 0.1) is 25.2 Å². The Morgan fingerprint density at radius 3 is 2.79 bits per heavy atom. The standard InChI is InChI=1S/C20H19N3O/c1-14-6-5-8-18(15(14)2)22-20(24)17(12-21)13-23-11-10-16-7-3-4-9-19(16)23/h3-9,13H,10-11H2,1-2H3,(H,22,24)/b17-13-. The van der Waals surface area contributed by atoms with Crippen molar-refractivity contribution in [2.24, 2.45) is 0 Å². The Balaban J connectivity index is 1.83. The van der Waals surface area contributed by atoms with Gasteiger partial charge in [-0.1, -0.05) is 30.3 Å². The van der Waals surface area contributed by atoms with Gasteiger partial charge < -0.3 is 10.2 Å². The van der Waals surface area contributed by atoms with Crippen LogP contribution in [0.2, 0.25) is 0 Å². The maximum atomic E-state index is 12.5. The first-order valence-corrected chi connectivity index (χ1v) is 7.94. The summed E-state index contributed by atoms with van der Waals surface area (Å²) in [5.74, 6) is -0.379. The molecule has 1 N–H and O–H groups in total. The second-order valence-electron chi connectivity index (χ2n) is 5.93. The Morgan fingerprint density at radius 2 is 2.00 bits per heavy atom. The SMILES string of the molecule is Cc1cccc(NC(=O)/C(C#N)=C\N2CCc3ccccc32)c1C. The van der Waals surface area contributed by atoms with Gasteiger partial charge in [0.2, 0.25) is 0 Å². The van der Waals surface area contributed by atoms with Crippen molar-refractivity contribution >= 4 is 17.3 Å². The van der Waals surface area contributed by atoms with Crippen molar-refractivity contribution in [2.75, 3.05) is 16.8 Å². The predicted octanol–water partition coefficient (Wildman–Crippen LogP) is 3.71. The van der Waals surface area contributed by atoms with Gasteiger partial charge in [-0.3, -0.25) is 4.79 Å². The summed E-state index contributed by atoms with van der Waals surface area (Å²) >= 11 is 0. The fourth-order valence-electron chi connectivity index (χ4n) is 2.87. The molecule has 0 aromatic heterocycles. The highest BCUT2D eigenvalue weighted by Crippen LogP contribution is 2.28. The van der Waals surface area contributed by atoms with Crippen molar-refractivity contribution in [3.05, 3.63) is 70.9 Å². The van der Waals surface area contributed by atoms with Gasteiger partial charge >= 0.3 is 0 Å². The molecular weight excluding hydrogens is 298 g/mol. The maximum Gasteiger partial charge on any atom is 0.267 e. The number of nitrogens with zero attached hydrogens (tertiary/aromatic N) is 2. The van der Waals surface area contributed by atoms with Crippen LogP contribution in [0.4, 0.5) is 11.4 Å². The molecule has 0 aliphatic carbocycles. The third kappa shape index (κ3) is 3.02. The van der Waals surface area contributed by atoms with E-state index in [0.29, 0.717) is 0 Å². The van der Waals surface area contributed by atoms with Gasteiger partial charge in [0, 0.05) is 24.1 Å². The van der Waals surface area contributed by atoms with Gasteiger partial charge in [0.05, 0.1) is 0 Å². The van der Waals surface area contributed by atoms with Crippen LogP contribution >= 0.6 is 0 Å². The summed E-state index contributed by atoms with van der Waals surface area (Å²) in [5.41, 5.74) is 5.25. The molecule has 0 atom stereocenters. The van der Waals surface area contributed by atoms with E-state index in [1.165, 1.54) is 5.56 Å². The number of nitriles is 1. The Kier molecular flexibility index (Phi) is 4.35. The monoisotopic (exact) mass is 317 g/mol. The normalized spacial score (nSPS) is 13.4. The number of para-hydroxylation sites is 1. The van der Waals surface area contributed by atoms with Crippen LogP contribution < -0.4 is 10.2 Å². The number of amides is 1. The number of nitrogens with one attached hydrogen (secondary N) is 1. The summed E-state index contributed by atoms with van der Waals surface area (Å²) in [4.78, 5) is 14.4. The first-order valence-electron chi connectivity index (χ1n) is 7.94. The van der Waals surface area contributed by atoms with Gasteiger partial charge in [0.25, 0.3) is 5.91 Å². The first-order chi connectivity index (χ1) is 11.6. The number of carbonyl (C=O) groups excluding carboxylic acids is 1. The number of fused-ring (bicyclic) bond motifs is 1. The number of hydrogen-bond acceptors (Lipinski definition) is 3. The molecule has 120 valence electrons. The minimum Gasteiger partial charge on any atom is -0.346 e. The van der Waals surface area contributed by atoms with Crippen LogP contribution in [0.1, 0.15) is 16.7 Å². The van der Waals surface area contributed by atoms with Gasteiger partial charge in [0.1, 0.15) is 11.6 Å². The molecular formula is C20H19N3O. The smallest absolute Gasteiger partial charge is 0.267 e. The van der Waals surface area contributed by atoms with Crippen LogP contribution in [-0.4, -0.2) is 12.5 Å². The third-order valence-electron chi connectivity index (χ3n) is 4.43. The highest BCUT2D eigenvalue weighted by atomic mass is 16.1. The van der Waals surface area contributed by atoms with Gasteiger partial charge in [-0.05, 0) is 49.1 Å². The van der Waals surface area contributed by atoms with Crippen LogP contribution in [0.15, 0.2) is 54.2 Å². The number of aryl methyl sites for hydroxylation is 1. The Hall–Kier alpha value is -3.06. The molecule has 24 heavy (non-hydrogen) atoms. The van der Waals surface area contributed by atoms with E-state index in [1.54, 1.807) is 6.20 Å². The molecule has 2 aromatic rings. The summed E-state index contributed by atoms with van der Waals surface area (Å²) in [5, 5.41) is 12.2. The number of rotatable bonds is 3. The molecule has 2 aromatic carbocycles. The van der Waals surface area contributed by atoms with Crippen molar-refractivity contribution in [2.45, 2.75) is 20.3 Å². The average molecular weight is 317 g/mol. The molecule has 1 aliphatic rings. The lowest BCUT2D eigenvalue weighted by atomic mass is 10.1. The molecule has 3 rings (SSSR count). The van der Waals surface area contributed by atoms with Crippen LogP contribution in [-0.2, 0) is 11.2 Å². The quantitative estimate of drug-likeness (QED) is 0.693. The summed E-state index contributed by atoms with van der Waals surface area (Å²) in [6.45, 7) is 4.73. The molecule has 0 bridgehead atoms. The summed E-state index contributed by atoms with van der Waals surface area (Å²) in [6, 6.07) is 15.8. The minimum atomic E-state index is -0.379. The fraction of sp³-hybridized carbons (Fsp3) is 0.200. The Morgan fingerprint density at radius 1 is 1.21 bits per heavy atom. The molecule has 0 spiro atoms. The molecule has 0 saturated heterocycles. The number of anilines is 2. The van der Waals surface area contributed by atoms with Gasteiger partial charge in [-0.15, -0.1) is 0 Å². The van der Waals surface area contributed by atoms with Crippen LogP contribution in [0.25, 0.3) is 0 Å². The van der Waals surface area contributed by atoms with E-state index >= 15 is 0 Å². The van der Waals surface area contributed by atoms with Crippen molar-refractivity contribution in [1.82, 2.24) is 0 Å². The number of carbonyl (C=O) groups is 1. The van der Waals surface area contributed by atoms with Crippen LogP contribution in [0.3, 0.4) is 0 Å². The van der Waals surface area contributed by atoms with Crippen molar-refractivity contribution in [1.29, 1.82) is 5.26 Å². The second kappa shape index (κ2) is 6.59. The Labute approximate surface area is 142 Å². The first kappa shape index (κ1) is 15.8. The van der Waals surface area contributed by atoms with E-state index < -0.39 is 0 Å². The van der Waals surface area contributed by atoms with Gasteiger partial charge in [-0.2, -0.15) is 5.26 Å². The largest absolute Gasteiger partial charge is 0.346 e. The zero-order valence-corrected chi connectivity index (χ0v) is 13.8. The van der Waals surface area contributed by atoms with E-state index in [2.05, 4.69) is 11.4 Å². The van der Waals surface area contributed by atoms with Gasteiger partial charge in [0.15, 0.2) is 0 Å². The lowest BCUT2D eigenvalue weighted by molar-refractivity contribution is -0.112. The zero-order chi connectivity index (χ0) is 17.1. The number of benzene rings is 2. The topological polar surface area (TPSA) is 56.1 Å². The summed E-state index contributed by atoms with van der Waals surface area (Å²) in [7, 11) is 0. The van der Waals surface area contributed by atoms with Crippen molar-refractivity contribution in [3.63, 3.8) is 0 Å². The van der Waals surface area contributed by atoms with E-state index in [9.17, 15) is 10.1 Å². The lowest BCUT2D eigenvalue weighted by Crippen LogP contribution is -2.19. The second-order valence-corrected chi connectivity index (χ2v) is 5.93. The van der Waals surface area contributed by atoms with E-state index in [-0.39, 0.29) is 11.5 Å². The lowest BCUT2D eigenvalue weighted by Gasteiger charge is -2.15. The third-order valence-corrected chi connectivity index (χ3v) is 4.43. The molecule has 4 nitrogen and oxygen atoms in total. The highest BCUT2D eigenvalue weighted by molar-refractivity contribution is 6.07. The molecule has 4 heteroatoms. The molecule has 0 unspecified atom stereocenters. The minimum absolute atomic E-state index is 0.104. The number of hydrogen-bond donors (Lipinski definition) is 1. The van der Waals surface area contributed by atoms with Gasteiger partial charge in [-0.25, -0.2) is 0 Å². The molecule has 1 aliphatic heterocycles. The molecule has 1 amide bonds. The molecule has 0 radical (unpaired) electrons. The molecule has 0 saturated carbocycles. The van der Waals surface area contributed by atoms with Crippen molar-refractivity contribution in [3.8, 4) is 6.07 Å². The highest BCUT2D eigenvalue weighted by Gasteiger charge is 2.19. The predicted molar refractivity (Wildman–Crippen MR) is 95.7 cm³/mol. The summed E-state index contributed by atoms with van der Waals surface area (Å²) < 4.78 is 0.